The largest absolute Gasteiger partial charge is 0.487 e. The van der Waals surface area contributed by atoms with E-state index in [1.54, 1.807) is 35.6 Å². The van der Waals surface area contributed by atoms with Crippen molar-refractivity contribution >= 4 is 23.1 Å². The molecule has 0 aliphatic rings. The molecule has 0 radical (unpaired) electrons. The molecule has 3 rings (SSSR count). The van der Waals surface area contributed by atoms with Crippen molar-refractivity contribution in [3.8, 4) is 5.75 Å². The van der Waals surface area contributed by atoms with Gasteiger partial charge in [0.1, 0.15) is 18.2 Å². The molecule has 0 saturated carbocycles. The van der Waals surface area contributed by atoms with Crippen molar-refractivity contribution in [2.45, 2.75) is 20.5 Å². The summed E-state index contributed by atoms with van der Waals surface area (Å²) in [7, 11) is 0. The molecule has 2 aromatic heterocycles. The van der Waals surface area contributed by atoms with Crippen molar-refractivity contribution < 1.29 is 9.53 Å². The molecule has 0 unspecified atom stereocenters. The van der Waals surface area contributed by atoms with Gasteiger partial charge in [0.25, 0.3) is 5.91 Å². The molecule has 1 amide bonds. The average Bonchev–Trinajstić information content (AvgIpc) is 2.99. The summed E-state index contributed by atoms with van der Waals surface area (Å²) >= 11 is 1.59. The Kier molecular flexibility index (Phi) is 4.86. The standard InChI is InChI=1S/C18H17N3O2S/c1-12-5-3-8-17(19-12)21-18(22)14-6-4-7-16(9-14)23-10-15-11-24-13(2)20-15/h3-9,11H,10H2,1-2H3,(H,19,21,22). The molecular weight excluding hydrogens is 322 g/mol. The van der Waals surface area contributed by atoms with Crippen molar-refractivity contribution in [3.05, 3.63) is 69.8 Å². The number of hydrogen-bond acceptors (Lipinski definition) is 5. The molecule has 0 aliphatic heterocycles. The Bertz CT molecular complexity index is 861. The number of nitrogens with one attached hydrogen (secondary N) is 1. The number of hydrogen-bond donors (Lipinski definition) is 1. The summed E-state index contributed by atoms with van der Waals surface area (Å²) in [6.07, 6.45) is 0. The fourth-order valence-corrected chi connectivity index (χ4v) is 2.76. The Morgan fingerprint density at radius 1 is 1.17 bits per heavy atom. The Labute approximate surface area is 144 Å². The molecular formula is C18H17N3O2S. The number of carbonyl (C=O) groups is 1. The lowest BCUT2D eigenvalue weighted by Crippen LogP contribution is -2.13. The number of aromatic nitrogens is 2. The molecule has 1 N–H and O–H groups in total. The smallest absolute Gasteiger partial charge is 0.256 e. The molecule has 24 heavy (non-hydrogen) atoms. The average molecular weight is 339 g/mol. The summed E-state index contributed by atoms with van der Waals surface area (Å²) in [6, 6.07) is 12.6. The normalized spacial score (nSPS) is 10.4. The number of ether oxygens (including phenoxy) is 1. The molecule has 2 heterocycles. The van der Waals surface area contributed by atoms with E-state index in [0.717, 1.165) is 16.4 Å². The van der Waals surface area contributed by atoms with Gasteiger partial charge in [-0.05, 0) is 44.2 Å². The minimum absolute atomic E-state index is 0.219. The van der Waals surface area contributed by atoms with Crippen LogP contribution in [-0.2, 0) is 6.61 Å². The molecule has 6 heteroatoms. The summed E-state index contributed by atoms with van der Waals surface area (Å²) in [5, 5.41) is 5.76. The van der Waals surface area contributed by atoms with Crippen molar-refractivity contribution in [3.63, 3.8) is 0 Å². The van der Waals surface area contributed by atoms with Crippen LogP contribution in [0.25, 0.3) is 0 Å². The number of benzene rings is 1. The molecule has 1 aromatic carbocycles. The first kappa shape index (κ1) is 16.1. The zero-order chi connectivity index (χ0) is 16.9. The Morgan fingerprint density at radius 2 is 2.00 bits per heavy atom. The van der Waals surface area contributed by atoms with Crippen LogP contribution in [0.2, 0.25) is 0 Å². The number of carbonyl (C=O) groups excluding carboxylic acids is 1. The summed E-state index contributed by atoms with van der Waals surface area (Å²) in [5.41, 5.74) is 2.25. The molecule has 122 valence electrons. The Hall–Kier alpha value is -2.73. The van der Waals surface area contributed by atoms with Crippen molar-refractivity contribution in [1.29, 1.82) is 0 Å². The van der Waals surface area contributed by atoms with Crippen molar-refractivity contribution in [1.82, 2.24) is 9.97 Å². The monoisotopic (exact) mass is 339 g/mol. The van der Waals surface area contributed by atoms with Gasteiger partial charge < -0.3 is 10.1 Å². The molecule has 0 fully saturated rings. The van der Waals surface area contributed by atoms with E-state index in [0.29, 0.717) is 23.7 Å². The van der Waals surface area contributed by atoms with Crippen molar-refractivity contribution in [2.24, 2.45) is 0 Å². The predicted octanol–water partition coefficient (Wildman–Crippen LogP) is 3.99. The summed E-state index contributed by atoms with van der Waals surface area (Å²) < 4.78 is 5.71. The van der Waals surface area contributed by atoms with E-state index in [1.165, 1.54) is 0 Å². The van der Waals surface area contributed by atoms with Gasteiger partial charge in [-0.15, -0.1) is 11.3 Å². The molecule has 0 atom stereocenters. The van der Waals surface area contributed by atoms with E-state index in [1.807, 2.05) is 37.4 Å². The minimum atomic E-state index is -0.219. The highest BCUT2D eigenvalue weighted by atomic mass is 32.1. The van der Waals surface area contributed by atoms with Gasteiger partial charge in [-0.2, -0.15) is 0 Å². The van der Waals surface area contributed by atoms with Crippen LogP contribution in [0.5, 0.6) is 5.75 Å². The minimum Gasteiger partial charge on any atom is -0.487 e. The highest BCUT2D eigenvalue weighted by Gasteiger charge is 2.08. The molecule has 0 spiro atoms. The molecule has 3 aromatic rings. The third kappa shape index (κ3) is 4.17. The second kappa shape index (κ2) is 7.23. The number of thiazole rings is 1. The van der Waals surface area contributed by atoms with E-state index in [-0.39, 0.29) is 5.91 Å². The van der Waals surface area contributed by atoms with Gasteiger partial charge >= 0.3 is 0 Å². The number of amides is 1. The van der Waals surface area contributed by atoms with E-state index >= 15 is 0 Å². The summed E-state index contributed by atoms with van der Waals surface area (Å²) in [6.45, 7) is 4.22. The number of anilines is 1. The van der Waals surface area contributed by atoms with Gasteiger partial charge in [0.05, 0.1) is 10.7 Å². The lowest BCUT2D eigenvalue weighted by atomic mass is 10.2. The van der Waals surface area contributed by atoms with Crippen LogP contribution in [-0.4, -0.2) is 15.9 Å². The van der Waals surface area contributed by atoms with E-state index in [4.69, 9.17) is 4.74 Å². The van der Waals surface area contributed by atoms with Gasteiger partial charge in [0.2, 0.25) is 0 Å². The lowest BCUT2D eigenvalue weighted by Gasteiger charge is -2.08. The summed E-state index contributed by atoms with van der Waals surface area (Å²) in [5.74, 6) is 0.942. The fraction of sp³-hybridized carbons (Fsp3) is 0.167. The van der Waals surface area contributed by atoms with Gasteiger partial charge in [-0.1, -0.05) is 12.1 Å². The number of nitrogens with zero attached hydrogens (tertiary/aromatic N) is 2. The first-order valence-electron chi connectivity index (χ1n) is 7.49. The highest BCUT2D eigenvalue weighted by Crippen LogP contribution is 2.17. The quantitative estimate of drug-likeness (QED) is 0.763. The Morgan fingerprint density at radius 3 is 2.75 bits per heavy atom. The first-order valence-corrected chi connectivity index (χ1v) is 8.37. The Balaban J connectivity index is 1.66. The maximum atomic E-state index is 12.3. The van der Waals surface area contributed by atoms with Crippen molar-refractivity contribution in [2.75, 3.05) is 5.32 Å². The zero-order valence-electron chi connectivity index (χ0n) is 13.4. The van der Waals surface area contributed by atoms with Gasteiger partial charge in [0.15, 0.2) is 0 Å². The van der Waals surface area contributed by atoms with Crippen LogP contribution in [0, 0.1) is 13.8 Å². The number of aryl methyl sites for hydroxylation is 2. The van der Waals surface area contributed by atoms with Crippen LogP contribution in [0.15, 0.2) is 47.8 Å². The second-order valence-corrected chi connectivity index (χ2v) is 6.35. The predicted molar refractivity (Wildman–Crippen MR) is 94.6 cm³/mol. The van der Waals surface area contributed by atoms with E-state index in [9.17, 15) is 4.79 Å². The zero-order valence-corrected chi connectivity index (χ0v) is 14.3. The molecule has 0 saturated heterocycles. The summed E-state index contributed by atoms with van der Waals surface area (Å²) in [4.78, 5) is 21.0. The SMILES string of the molecule is Cc1cccc(NC(=O)c2cccc(OCc3csc(C)n3)c2)n1. The maximum absolute atomic E-state index is 12.3. The first-order chi connectivity index (χ1) is 11.6. The second-order valence-electron chi connectivity index (χ2n) is 5.29. The number of pyridine rings is 1. The van der Waals surface area contributed by atoms with Crippen LogP contribution in [0.1, 0.15) is 26.8 Å². The van der Waals surface area contributed by atoms with Gasteiger partial charge in [-0.25, -0.2) is 9.97 Å². The topological polar surface area (TPSA) is 64.1 Å². The molecule has 0 aliphatic carbocycles. The third-order valence-electron chi connectivity index (χ3n) is 3.28. The lowest BCUT2D eigenvalue weighted by molar-refractivity contribution is 0.102. The van der Waals surface area contributed by atoms with Crippen LogP contribution in [0.4, 0.5) is 5.82 Å². The number of rotatable bonds is 5. The van der Waals surface area contributed by atoms with Gasteiger partial charge in [-0.3, -0.25) is 4.79 Å². The van der Waals surface area contributed by atoms with Crippen LogP contribution >= 0.6 is 11.3 Å². The van der Waals surface area contributed by atoms with E-state index in [2.05, 4.69) is 15.3 Å². The third-order valence-corrected chi connectivity index (χ3v) is 4.10. The maximum Gasteiger partial charge on any atom is 0.256 e. The van der Waals surface area contributed by atoms with E-state index < -0.39 is 0 Å². The molecule has 5 nitrogen and oxygen atoms in total. The van der Waals surface area contributed by atoms with Crippen LogP contribution in [0.3, 0.4) is 0 Å². The van der Waals surface area contributed by atoms with Crippen LogP contribution < -0.4 is 10.1 Å². The molecule has 0 bridgehead atoms. The van der Waals surface area contributed by atoms with Gasteiger partial charge in [0, 0.05) is 16.6 Å². The highest BCUT2D eigenvalue weighted by molar-refractivity contribution is 7.09. The fourth-order valence-electron chi connectivity index (χ4n) is 2.16.